The van der Waals surface area contributed by atoms with Crippen molar-refractivity contribution in [2.45, 2.75) is 13.8 Å². The summed E-state index contributed by atoms with van der Waals surface area (Å²) in [6, 6.07) is 8.47. The van der Waals surface area contributed by atoms with Crippen molar-refractivity contribution < 1.29 is 0 Å². The van der Waals surface area contributed by atoms with Crippen molar-refractivity contribution in [1.82, 2.24) is 0 Å². The van der Waals surface area contributed by atoms with E-state index in [-0.39, 0.29) is 0 Å². The number of nitrogens with zero attached hydrogens (tertiary/aromatic N) is 2. The Labute approximate surface area is 108 Å². The molecule has 0 unspecified atom stereocenters. The number of rotatable bonds is 4. The fourth-order valence-corrected chi connectivity index (χ4v) is 2.07. The zero-order valence-corrected chi connectivity index (χ0v) is 11.8. The summed E-state index contributed by atoms with van der Waals surface area (Å²) in [5.41, 5.74) is 2.34. The first-order valence-corrected chi connectivity index (χ1v) is 7.10. The molecule has 3 nitrogen and oxygen atoms in total. The predicted octanol–water partition coefficient (Wildman–Crippen LogP) is 3.29. The third-order valence-corrected chi connectivity index (χ3v) is 3.31. The van der Waals surface area contributed by atoms with Crippen molar-refractivity contribution >= 4 is 28.3 Å². The quantitative estimate of drug-likeness (QED) is 0.657. The second-order valence-corrected chi connectivity index (χ2v) is 4.37. The van der Waals surface area contributed by atoms with Gasteiger partial charge in [-0.25, -0.2) is 0 Å². The predicted molar refractivity (Wildman–Crippen MR) is 80.5 cm³/mol. The summed E-state index contributed by atoms with van der Waals surface area (Å²) in [6.45, 7) is 6.42. The highest BCUT2D eigenvalue weighted by molar-refractivity contribution is 8.13. The summed E-state index contributed by atoms with van der Waals surface area (Å²) in [4.78, 5) is 6.48. The smallest absolute Gasteiger partial charge is 0.160 e. The van der Waals surface area contributed by atoms with Crippen molar-refractivity contribution in [2.24, 2.45) is 4.99 Å². The highest BCUT2D eigenvalue weighted by Crippen LogP contribution is 2.18. The van der Waals surface area contributed by atoms with Gasteiger partial charge in [-0.2, -0.15) is 0 Å². The van der Waals surface area contributed by atoms with Crippen LogP contribution in [0.4, 0.5) is 11.4 Å². The lowest BCUT2D eigenvalue weighted by Crippen LogP contribution is -2.21. The molecule has 0 amide bonds. The molecule has 0 fully saturated rings. The van der Waals surface area contributed by atoms with Gasteiger partial charge in [0, 0.05) is 31.5 Å². The molecule has 0 aliphatic carbocycles. The molecule has 0 heterocycles. The maximum atomic E-state index is 4.15. The summed E-state index contributed by atoms with van der Waals surface area (Å²) in [7, 11) is 1.79. The van der Waals surface area contributed by atoms with Gasteiger partial charge in [0.2, 0.25) is 0 Å². The average molecular weight is 251 g/mol. The van der Waals surface area contributed by atoms with Crippen LogP contribution in [0.1, 0.15) is 13.8 Å². The lowest BCUT2D eigenvalue weighted by Gasteiger charge is -2.21. The standard InChI is InChI=1S/C13H21N3S/c1-5-16(6-2)12-9-7-11(8-10-12)15-13(14-3)17-4/h7-10H,5-6H2,1-4H3,(H,14,15). The van der Waals surface area contributed by atoms with E-state index >= 15 is 0 Å². The van der Waals surface area contributed by atoms with Gasteiger partial charge in [0.15, 0.2) is 5.17 Å². The first kappa shape index (κ1) is 13.9. The van der Waals surface area contributed by atoms with Crippen LogP contribution in [0.25, 0.3) is 0 Å². The molecule has 0 atom stereocenters. The minimum Gasteiger partial charge on any atom is -0.372 e. The number of benzene rings is 1. The third-order valence-electron chi connectivity index (χ3n) is 2.64. The van der Waals surface area contributed by atoms with E-state index in [4.69, 9.17) is 0 Å². The minimum absolute atomic E-state index is 0.931. The second-order valence-electron chi connectivity index (χ2n) is 3.58. The van der Waals surface area contributed by atoms with Crippen LogP contribution in [0.15, 0.2) is 29.3 Å². The topological polar surface area (TPSA) is 27.6 Å². The molecule has 1 aromatic rings. The zero-order chi connectivity index (χ0) is 12.7. The zero-order valence-electron chi connectivity index (χ0n) is 11.0. The van der Waals surface area contributed by atoms with Crippen LogP contribution in [-0.2, 0) is 0 Å². The number of amidine groups is 1. The van der Waals surface area contributed by atoms with Gasteiger partial charge in [0.1, 0.15) is 0 Å². The molecular weight excluding hydrogens is 230 g/mol. The fraction of sp³-hybridized carbons (Fsp3) is 0.462. The first-order valence-electron chi connectivity index (χ1n) is 5.87. The van der Waals surface area contributed by atoms with Gasteiger partial charge < -0.3 is 10.2 Å². The maximum Gasteiger partial charge on any atom is 0.160 e. The molecule has 0 bridgehead atoms. The van der Waals surface area contributed by atoms with Crippen LogP contribution in [0.2, 0.25) is 0 Å². The molecule has 0 saturated carbocycles. The van der Waals surface area contributed by atoms with E-state index in [1.54, 1.807) is 18.8 Å². The van der Waals surface area contributed by atoms with Crippen LogP contribution in [-0.4, -0.2) is 31.6 Å². The average Bonchev–Trinajstić information content (AvgIpc) is 2.39. The lowest BCUT2D eigenvalue weighted by molar-refractivity contribution is 0.866. The Kier molecular flexibility index (Phi) is 5.91. The van der Waals surface area contributed by atoms with Crippen molar-refractivity contribution in [2.75, 3.05) is 36.6 Å². The molecule has 4 heteroatoms. The van der Waals surface area contributed by atoms with Crippen LogP contribution in [0.3, 0.4) is 0 Å². The number of hydrogen-bond acceptors (Lipinski definition) is 3. The van der Waals surface area contributed by atoms with E-state index in [2.05, 4.69) is 53.3 Å². The number of nitrogens with one attached hydrogen (secondary N) is 1. The van der Waals surface area contributed by atoms with Crippen molar-refractivity contribution in [1.29, 1.82) is 0 Å². The Morgan fingerprint density at radius 1 is 1.24 bits per heavy atom. The molecule has 0 radical (unpaired) electrons. The van der Waals surface area contributed by atoms with Gasteiger partial charge in [0.25, 0.3) is 0 Å². The fourth-order valence-electron chi connectivity index (χ4n) is 1.67. The number of thioether (sulfide) groups is 1. The number of hydrogen-bond donors (Lipinski definition) is 1. The Morgan fingerprint density at radius 2 is 1.82 bits per heavy atom. The maximum absolute atomic E-state index is 4.15. The Bertz CT molecular complexity index is 355. The van der Waals surface area contributed by atoms with E-state index in [1.165, 1.54) is 5.69 Å². The van der Waals surface area contributed by atoms with Crippen LogP contribution < -0.4 is 10.2 Å². The van der Waals surface area contributed by atoms with Crippen molar-refractivity contribution in [3.63, 3.8) is 0 Å². The van der Waals surface area contributed by atoms with Crippen molar-refractivity contribution in [3.05, 3.63) is 24.3 Å². The highest BCUT2D eigenvalue weighted by atomic mass is 32.2. The number of aliphatic imine (C=N–C) groups is 1. The van der Waals surface area contributed by atoms with Gasteiger partial charge in [-0.15, -0.1) is 0 Å². The Balaban J connectivity index is 2.74. The minimum atomic E-state index is 0.931. The normalized spacial score (nSPS) is 11.4. The molecule has 1 aromatic carbocycles. The SMILES string of the molecule is CCN(CC)c1ccc(NC(=NC)SC)cc1. The van der Waals surface area contributed by atoms with E-state index in [1.807, 2.05) is 6.26 Å². The molecule has 0 spiro atoms. The van der Waals surface area contributed by atoms with Crippen LogP contribution in [0.5, 0.6) is 0 Å². The molecule has 0 aliphatic rings. The molecule has 17 heavy (non-hydrogen) atoms. The molecular formula is C13H21N3S. The molecule has 1 N–H and O–H groups in total. The first-order chi connectivity index (χ1) is 8.24. The van der Waals surface area contributed by atoms with Gasteiger partial charge in [-0.05, 0) is 44.4 Å². The largest absolute Gasteiger partial charge is 0.372 e. The number of anilines is 2. The van der Waals surface area contributed by atoms with Crippen LogP contribution in [0, 0.1) is 0 Å². The molecule has 0 aliphatic heterocycles. The Morgan fingerprint density at radius 3 is 2.24 bits per heavy atom. The second kappa shape index (κ2) is 7.22. The van der Waals surface area contributed by atoms with Gasteiger partial charge in [-0.3, -0.25) is 4.99 Å². The molecule has 0 saturated heterocycles. The molecule has 1 rings (SSSR count). The van der Waals surface area contributed by atoms with E-state index in [0.29, 0.717) is 0 Å². The summed E-state index contributed by atoms with van der Waals surface area (Å²) in [6.07, 6.45) is 2.01. The Hall–Kier alpha value is -1.16. The van der Waals surface area contributed by atoms with Gasteiger partial charge in [-0.1, -0.05) is 11.8 Å². The van der Waals surface area contributed by atoms with Crippen LogP contribution >= 0.6 is 11.8 Å². The van der Waals surface area contributed by atoms with E-state index in [9.17, 15) is 0 Å². The lowest BCUT2D eigenvalue weighted by atomic mass is 10.2. The van der Waals surface area contributed by atoms with Gasteiger partial charge in [0.05, 0.1) is 0 Å². The molecule has 0 aromatic heterocycles. The summed E-state index contributed by atoms with van der Waals surface area (Å²) < 4.78 is 0. The monoisotopic (exact) mass is 251 g/mol. The third kappa shape index (κ3) is 3.97. The summed E-state index contributed by atoms with van der Waals surface area (Å²) in [5.74, 6) is 0. The summed E-state index contributed by atoms with van der Waals surface area (Å²) in [5, 5.41) is 4.21. The van der Waals surface area contributed by atoms with E-state index in [0.717, 1.165) is 23.9 Å². The van der Waals surface area contributed by atoms with E-state index < -0.39 is 0 Å². The summed E-state index contributed by atoms with van der Waals surface area (Å²) >= 11 is 1.61. The van der Waals surface area contributed by atoms with Gasteiger partial charge >= 0.3 is 0 Å². The van der Waals surface area contributed by atoms with Crippen molar-refractivity contribution in [3.8, 4) is 0 Å². The highest BCUT2D eigenvalue weighted by Gasteiger charge is 2.02. The molecule has 94 valence electrons.